The predicted molar refractivity (Wildman–Crippen MR) is 48.7 cm³/mol. The molecule has 0 aromatic carbocycles. The van der Waals surface area contributed by atoms with Crippen LogP contribution in [0.4, 0.5) is 4.39 Å². The Morgan fingerprint density at radius 3 is 3.00 bits per heavy atom. The summed E-state index contributed by atoms with van der Waals surface area (Å²) in [7, 11) is 1.27. The standard InChI is InChI=1S/C8H5FN2O2S/c1-13-8(12)7-10-4-2-3-5(9)11-6(4)14-7/h2-3H,1H3. The van der Waals surface area contributed by atoms with Gasteiger partial charge in [0.05, 0.1) is 7.11 Å². The summed E-state index contributed by atoms with van der Waals surface area (Å²) < 4.78 is 17.2. The molecule has 0 atom stereocenters. The number of aromatic nitrogens is 2. The van der Waals surface area contributed by atoms with Crippen molar-refractivity contribution in [3.63, 3.8) is 0 Å². The molecule has 0 bridgehead atoms. The van der Waals surface area contributed by atoms with Crippen molar-refractivity contribution in [1.29, 1.82) is 0 Å². The van der Waals surface area contributed by atoms with Crippen molar-refractivity contribution < 1.29 is 13.9 Å². The zero-order valence-electron chi connectivity index (χ0n) is 7.15. The van der Waals surface area contributed by atoms with E-state index in [0.29, 0.717) is 10.3 Å². The molecular weight excluding hydrogens is 207 g/mol. The lowest BCUT2D eigenvalue weighted by Gasteiger charge is -1.89. The van der Waals surface area contributed by atoms with E-state index in [1.54, 1.807) is 0 Å². The molecule has 2 rings (SSSR count). The first-order valence-corrected chi connectivity index (χ1v) is 4.54. The Balaban J connectivity index is 2.56. The van der Waals surface area contributed by atoms with Gasteiger partial charge in [-0.3, -0.25) is 0 Å². The second-order valence-electron chi connectivity index (χ2n) is 2.47. The molecule has 14 heavy (non-hydrogen) atoms. The van der Waals surface area contributed by atoms with E-state index in [9.17, 15) is 9.18 Å². The van der Waals surface area contributed by atoms with E-state index >= 15 is 0 Å². The minimum Gasteiger partial charge on any atom is -0.464 e. The molecule has 4 nitrogen and oxygen atoms in total. The van der Waals surface area contributed by atoms with Crippen LogP contribution in [0.5, 0.6) is 0 Å². The molecule has 0 unspecified atom stereocenters. The molecule has 0 amide bonds. The number of pyridine rings is 1. The van der Waals surface area contributed by atoms with Crippen LogP contribution in [0.1, 0.15) is 9.80 Å². The topological polar surface area (TPSA) is 52.1 Å². The number of fused-ring (bicyclic) bond motifs is 1. The minimum atomic E-state index is -0.586. The molecule has 0 radical (unpaired) electrons. The molecule has 2 heterocycles. The van der Waals surface area contributed by atoms with Crippen molar-refractivity contribution in [3.05, 3.63) is 23.1 Å². The van der Waals surface area contributed by atoms with E-state index in [-0.39, 0.29) is 5.01 Å². The summed E-state index contributed by atoms with van der Waals surface area (Å²) in [5.74, 6) is -1.12. The van der Waals surface area contributed by atoms with Crippen molar-refractivity contribution in [3.8, 4) is 0 Å². The van der Waals surface area contributed by atoms with Crippen LogP contribution in [-0.2, 0) is 4.74 Å². The van der Waals surface area contributed by atoms with Crippen LogP contribution in [0.25, 0.3) is 10.3 Å². The highest BCUT2D eigenvalue weighted by molar-refractivity contribution is 7.19. The number of rotatable bonds is 1. The van der Waals surface area contributed by atoms with Crippen molar-refractivity contribution in [1.82, 2.24) is 9.97 Å². The Labute approximate surface area is 82.4 Å². The second kappa shape index (κ2) is 3.30. The van der Waals surface area contributed by atoms with Crippen LogP contribution in [-0.4, -0.2) is 23.0 Å². The van der Waals surface area contributed by atoms with Gasteiger partial charge in [0.2, 0.25) is 11.0 Å². The first-order valence-electron chi connectivity index (χ1n) is 3.72. The second-order valence-corrected chi connectivity index (χ2v) is 3.45. The number of hydrogen-bond donors (Lipinski definition) is 0. The van der Waals surface area contributed by atoms with Crippen LogP contribution < -0.4 is 0 Å². The van der Waals surface area contributed by atoms with E-state index in [4.69, 9.17) is 0 Å². The lowest BCUT2D eigenvalue weighted by Crippen LogP contribution is -1.99. The largest absolute Gasteiger partial charge is 0.464 e. The summed E-state index contributed by atoms with van der Waals surface area (Å²) in [5, 5.41) is 0.181. The summed E-state index contributed by atoms with van der Waals surface area (Å²) in [6, 6.07) is 2.67. The molecule has 0 saturated heterocycles. The van der Waals surface area contributed by atoms with Gasteiger partial charge in [-0.1, -0.05) is 11.3 Å². The molecule has 0 spiro atoms. The predicted octanol–water partition coefficient (Wildman–Crippen LogP) is 1.62. The van der Waals surface area contributed by atoms with Crippen LogP contribution in [0.3, 0.4) is 0 Å². The quantitative estimate of drug-likeness (QED) is 0.532. The Kier molecular flexibility index (Phi) is 2.12. The van der Waals surface area contributed by atoms with Gasteiger partial charge in [0.15, 0.2) is 0 Å². The van der Waals surface area contributed by atoms with E-state index in [1.165, 1.54) is 19.2 Å². The highest BCUT2D eigenvalue weighted by Crippen LogP contribution is 2.20. The maximum Gasteiger partial charge on any atom is 0.367 e. The Bertz CT molecular complexity index is 497. The third-order valence-electron chi connectivity index (χ3n) is 1.58. The van der Waals surface area contributed by atoms with Gasteiger partial charge < -0.3 is 4.74 Å². The van der Waals surface area contributed by atoms with E-state index in [2.05, 4.69) is 14.7 Å². The van der Waals surface area contributed by atoms with Gasteiger partial charge >= 0.3 is 5.97 Å². The SMILES string of the molecule is COC(=O)c1nc2ccc(F)nc2s1. The first-order chi connectivity index (χ1) is 6.70. The number of carbonyl (C=O) groups is 1. The van der Waals surface area contributed by atoms with Gasteiger partial charge in [-0.15, -0.1) is 0 Å². The maximum atomic E-state index is 12.7. The van der Waals surface area contributed by atoms with Gasteiger partial charge in [-0.2, -0.15) is 4.39 Å². The Morgan fingerprint density at radius 2 is 2.29 bits per heavy atom. The molecule has 72 valence electrons. The summed E-state index contributed by atoms with van der Waals surface area (Å²) in [6.45, 7) is 0. The van der Waals surface area contributed by atoms with E-state index < -0.39 is 11.9 Å². The van der Waals surface area contributed by atoms with Gasteiger partial charge in [0.1, 0.15) is 10.3 Å². The third kappa shape index (κ3) is 1.44. The molecular formula is C8H5FN2O2S. The van der Waals surface area contributed by atoms with E-state index in [1.807, 2.05) is 0 Å². The summed E-state index contributed by atoms with van der Waals surface area (Å²) >= 11 is 1.01. The zero-order chi connectivity index (χ0) is 10.1. The fraction of sp³-hybridized carbons (Fsp3) is 0.125. The average molecular weight is 212 g/mol. The number of thiazole rings is 1. The van der Waals surface area contributed by atoms with Crippen molar-refractivity contribution >= 4 is 27.7 Å². The van der Waals surface area contributed by atoms with Gasteiger partial charge in [0.25, 0.3) is 0 Å². The number of halogens is 1. The van der Waals surface area contributed by atoms with Crippen LogP contribution in [0, 0.1) is 5.95 Å². The number of hydrogen-bond acceptors (Lipinski definition) is 5. The molecule has 0 saturated carbocycles. The molecule has 2 aromatic heterocycles. The number of carbonyl (C=O) groups excluding carboxylic acids is 1. The van der Waals surface area contributed by atoms with Crippen LogP contribution >= 0.6 is 11.3 Å². The molecule has 0 N–H and O–H groups in total. The minimum absolute atomic E-state index is 0.181. The Morgan fingerprint density at radius 1 is 1.50 bits per heavy atom. The number of nitrogens with zero attached hydrogens (tertiary/aromatic N) is 2. The normalized spacial score (nSPS) is 10.4. The van der Waals surface area contributed by atoms with Crippen molar-refractivity contribution in [2.24, 2.45) is 0 Å². The van der Waals surface area contributed by atoms with E-state index in [0.717, 1.165) is 11.3 Å². The molecule has 0 aliphatic heterocycles. The lowest BCUT2D eigenvalue weighted by molar-refractivity contribution is 0.0600. The molecule has 0 fully saturated rings. The highest BCUT2D eigenvalue weighted by Gasteiger charge is 2.13. The molecule has 2 aromatic rings. The van der Waals surface area contributed by atoms with Crippen molar-refractivity contribution in [2.75, 3.05) is 7.11 Å². The highest BCUT2D eigenvalue weighted by atomic mass is 32.1. The number of ether oxygens (including phenoxy) is 1. The van der Waals surface area contributed by atoms with Gasteiger partial charge in [-0.25, -0.2) is 14.8 Å². The monoisotopic (exact) mass is 212 g/mol. The summed E-state index contributed by atoms with van der Waals surface area (Å²) in [6.07, 6.45) is 0. The molecule has 6 heteroatoms. The summed E-state index contributed by atoms with van der Waals surface area (Å²) in [5.41, 5.74) is 0.497. The lowest BCUT2D eigenvalue weighted by atomic mass is 10.4. The number of esters is 1. The Hall–Kier alpha value is -1.56. The summed E-state index contributed by atoms with van der Waals surface area (Å²) in [4.78, 5) is 19.0. The van der Waals surface area contributed by atoms with Gasteiger partial charge in [0, 0.05) is 0 Å². The fourth-order valence-electron chi connectivity index (χ4n) is 0.969. The molecule has 0 aliphatic carbocycles. The smallest absolute Gasteiger partial charge is 0.367 e. The van der Waals surface area contributed by atoms with Crippen LogP contribution in [0.2, 0.25) is 0 Å². The first kappa shape index (κ1) is 9.01. The number of methoxy groups -OCH3 is 1. The third-order valence-corrected chi connectivity index (χ3v) is 2.53. The van der Waals surface area contributed by atoms with Gasteiger partial charge in [-0.05, 0) is 12.1 Å². The fourth-order valence-corrected chi connectivity index (χ4v) is 1.81. The van der Waals surface area contributed by atoms with Crippen molar-refractivity contribution in [2.45, 2.75) is 0 Å². The maximum absolute atomic E-state index is 12.7. The molecule has 0 aliphatic rings. The zero-order valence-corrected chi connectivity index (χ0v) is 7.97. The average Bonchev–Trinajstić information content (AvgIpc) is 2.59. The van der Waals surface area contributed by atoms with Crippen LogP contribution in [0.15, 0.2) is 12.1 Å².